The zero-order valence-corrected chi connectivity index (χ0v) is 17.2. The standard InChI is InChI=1S/C12H16N2.C11H14N2/c1-4-9-8(3)14-12-7(2)5-6-10(13)11(9)12;1-6-4-5-9(12)10-7(2)8(3)13-11(6)10/h5-6,14H,4,13H2,1-3H3;4-5,13H,12H2,1-3H3. The summed E-state index contributed by atoms with van der Waals surface area (Å²) in [5, 5.41) is 2.39. The average molecular weight is 363 g/mol. The zero-order chi connectivity index (χ0) is 19.9. The van der Waals surface area contributed by atoms with Crippen molar-refractivity contribution < 1.29 is 0 Å². The van der Waals surface area contributed by atoms with Crippen molar-refractivity contribution in [1.82, 2.24) is 9.97 Å². The van der Waals surface area contributed by atoms with Crippen LogP contribution >= 0.6 is 0 Å². The highest BCUT2D eigenvalue weighted by Gasteiger charge is 2.11. The van der Waals surface area contributed by atoms with E-state index >= 15 is 0 Å². The van der Waals surface area contributed by atoms with Gasteiger partial charge >= 0.3 is 0 Å². The maximum atomic E-state index is 5.99. The first-order valence-electron chi connectivity index (χ1n) is 9.46. The fraction of sp³-hybridized carbons (Fsp3) is 0.304. The second-order valence-electron chi connectivity index (χ2n) is 7.40. The smallest absolute Gasteiger partial charge is 0.0509 e. The van der Waals surface area contributed by atoms with Crippen LogP contribution in [0.2, 0.25) is 0 Å². The first kappa shape index (κ1) is 18.9. The van der Waals surface area contributed by atoms with Crippen molar-refractivity contribution in [2.75, 3.05) is 11.5 Å². The Morgan fingerprint density at radius 1 is 0.704 bits per heavy atom. The van der Waals surface area contributed by atoms with Crippen molar-refractivity contribution in [3.63, 3.8) is 0 Å². The molecule has 6 N–H and O–H groups in total. The molecule has 0 fully saturated rings. The number of benzene rings is 2. The Bertz CT molecular complexity index is 1130. The van der Waals surface area contributed by atoms with Gasteiger partial charge in [-0.1, -0.05) is 19.1 Å². The Labute approximate surface area is 161 Å². The van der Waals surface area contributed by atoms with Crippen LogP contribution in [0.1, 0.15) is 40.6 Å². The van der Waals surface area contributed by atoms with Crippen molar-refractivity contribution in [2.24, 2.45) is 0 Å². The Morgan fingerprint density at radius 3 is 1.70 bits per heavy atom. The van der Waals surface area contributed by atoms with Crippen LogP contribution < -0.4 is 11.5 Å². The van der Waals surface area contributed by atoms with E-state index in [1.54, 1.807) is 0 Å². The van der Waals surface area contributed by atoms with Crippen molar-refractivity contribution in [3.8, 4) is 0 Å². The average Bonchev–Trinajstić information content (AvgIpc) is 3.14. The first-order chi connectivity index (χ1) is 12.8. The van der Waals surface area contributed by atoms with Gasteiger partial charge in [-0.2, -0.15) is 0 Å². The molecule has 142 valence electrons. The summed E-state index contributed by atoms with van der Waals surface area (Å²) in [5.41, 5.74) is 23.6. The number of hydrogen-bond acceptors (Lipinski definition) is 2. The summed E-state index contributed by atoms with van der Waals surface area (Å²) >= 11 is 0. The summed E-state index contributed by atoms with van der Waals surface area (Å²) in [4.78, 5) is 6.76. The van der Waals surface area contributed by atoms with Crippen LogP contribution in [0.25, 0.3) is 21.8 Å². The van der Waals surface area contributed by atoms with Crippen LogP contribution in [0.5, 0.6) is 0 Å². The molecule has 0 spiro atoms. The van der Waals surface area contributed by atoms with Crippen LogP contribution in [0.15, 0.2) is 24.3 Å². The number of aryl methyl sites for hydroxylation is 6. The monoisotopic (exact) mass is 362 g/mol. The van der Waals surface area contributed by atoms with Crippen LogP contribution in [-0.2, 0) is 6.42 Å². The molecule has 0 aliphatic rings. The van der Waals surface area contributed by atoms with Gasteiger partial charge in [-0.3, -0.25) is 0 Å². The summed E-state index contributed by atoms with van der Waals surface area (Å²) < 4.78 is 0. The van der Waals surface area contributed by atoms with Gasteiger partial charge in [-0.05, 0) is 75.4 Å². The number of fused-ring (bicyclic) bond motifs is 2. The lowest BCUT2D eigenvalue weighted by molar-refractivity contribution is 1.11. The minimum Gasteiger partial charge on any atom is -0.398 e. The fourth-order valence-corrected chi connectivity index (χ4v) is 3.86. The van der Waals surface area contributed by atoms with Gasteiger partial charge in [-0.15, -0.1) is 0 Å². The second-order valence-corrected chi connectivity index (χ2v) is 7.40. The number of nitrogen functional groups attached to an aromatic ring is 2. The van der Waals surface area contributed by atoms with Gasteiger partial charge in [0.1, 0.15) is 0 Å². The lowest BCUT2D eigenvalue weighted by Gasteiger charge is -2.01. The third kappa shape index (κ3) is 3.16. The molecule has 2 heterocycles. The van der Waals surface area contributed by atoms with E-state index in [1.807, 2.05) is 18.2 Å². The van der Waals surface area contributed by atoms with E-state index in [-0.39, 0.29) is 0 Å². The molecule has 0 aliphatic heterocycles. The largest absolute Gasteiger partial charge is 0.398 e. The van der Waals surface area contributed by atoms with Gasteiger partial charge in [0, 0.05) is 33.5 Å². The van der Waals surface area contributed by atoms with Gasteiger partial charge in [0.2, 0.25) is 0 Å². The number of hydrogen-bond donors (Lipinski definition) is 4. The van der Waals surface area contributed by atoms with E-state index in [1.165, 1.54) is 55.4 Å². The number of aromatic nitrogens is 2. The maximum Gasteiger partial charge on any atom is 0.0509 e. The molecule has 0 amide bonds. The van der Waals surface area contributed by atoms with Crippen molar-refractivity contribution in [2.45, 2.75) is 48.0 Å². The normalized spacial score (nSPS) is 11.0. The minimum atomic E-state index is 0.863. The second kappa shape index (κ2) is 7.03. The predicted molar refractivity (Wildman–Crippen MR) is 118 cm³/mol. The third-order valence-electron chi connectivity index (χ3n) is 5.56. The van der Waals surface area contributed by atoms with Gasteiger partial charge < -0.3 is 21.4 Å². The summed E-state index contributed by atoms with van der Waals surface area (Å²) in [7, 11) is 0. The number of rotatable bonds is 1. The van der Waals surface area contributed by atoms with Crippen LogP contribution in [-0.4, -0.2) is 9.97 Å². The maximum absolute atomic E-state index is 5.99. The van der Waals surface area contributed by atoms with Crippen molar-refractivity contribution >= 4 is 33.2 Å². The van der Waals surface area contributed by atoms with Gasteiger partial charge in [0.25, 0.3) is 0 Å². The molecular weight excluding hydrogens is 332 g/mol. The molecule has 4 rings (SSSR count). The van der Waals surface area contributed by atoms with Gasteiger partial charge in [0.05, 0.1) is 11.0 Å². The topological polar surface area (TPSA) is 83.6 Å². The number of H-pyrrole nitrogens is 2. The molecular formula is C23H30N4. The van der Waals surface area contributed by atoms with E-state index < -0.39 is 0 Å². The molecule has 2 aromatic carbocycles. The molecule has 0 saturated heterocycles. The van der Waals surface area contributed by atoms with Gasteiger partial charge in [0.15, 0.2) is 0 Å². The van der Waals surface area contributed by atoms with Crippen LogP contribution in [0, 0.1) is 34.6 Å². The molecule has 0 radical (unpaired) electrons. The Kier molecular flexibility index (Phi) is 4.92. The molecule has 4 nitrogen and oxygen atoms in total. The molecule has 4 heteroatoms. The molecule has 0 bridgehead atoms. The Morgan fingerprint density at radius 2 is 1.19 bits per heavy atom. The summed E-state index contributed by atoms with van der Waals surface area (Å²) in [6.45, 7) is 12.7. The number of nitrogens with one attached hydrogen (secondary N) is 2. The molecule has 4 aromatic rings. The van der Waals surface area contributed by atoms with E-state index in [0.717, 1.165) is 17.8 Å². The van der Waals surface area contributed by atoms with E-state index in [4.69, 9.17) is 11.5 Å². The van der Waals surface area contributed by atoms with Gasteiger partial charge in [-0.25, -0.2) is 0 Å². The number of nitrogens with two attached hydrogens (primary N) is 2. The van der Waals surface area contributed by atoms with E-state index in [9.17, 15) is 0 Å². The Hall–Kier alpha value is -2.88. The van der Waals surface area contributed by atoms with Crippen molar-refractivity contribution in [3.05, 3.63) is 57.9 Å². The molecule has 0 atom stereocenters. The lowest BCUT2D eigenvalue weighted by atomic mass is 10.0. The zero-order valence-electron chi connectivity index (χ0n) is 17.2. The SMILES string of the molecule is CCc1c(C)[nH]c2c(C)ccc(N)c12.Cc1[nH]c2c(C)ccc(N)c2c1C. The molecule has 0 unspecified atom stereocenters. The summed E-state index contributed by atoms with van der Waals surface area (Å²) in [6.07, 6.45) is 1.03. The minimum absolute atomic E-state index is 0.863. The highest BCUT2D eigenvalue weighted by atomic mass is 14.7. The quantitative estimate of drug-likeness (QED) is 0.332. The molecule has 2 aromatic heterocycles. The van der Waals surface area contributed by atoms with E-state index in [0.29, 0.717) is 0 Å². The summed E-state index contributed by atoms with van der Waals surface area (Å²) in [6, 6.07) is 8.07. The molecule has 0 aliphatic carbocycles. The van der Waals surface area contributed by atoms with Crippen molar-refractivity contribution in [1.29, 1.82) is 0 Å². The van der Waals surface area contributed by atoms with E-state index in [2.05, 4.69) is 57.6 Å². The predicted octanol–water partition coefficient (Wildman–Crippen LogP) is 5.60. The number of anilines is 2. The van der Waals surface area contributed by atoms with Crippen LogP contribution in [0.3, 0.4) is 0 Å². The fourth-order valence-electron chi connectivity index (χ4n) is 3.86. The highest BCUT2D eigenvalue weighted by Crippen LogP contribution is 2.30. The highest BCUT2D eigenvalue weighted by molar-refractivity contribution is 5.97. The third-order valence-corrected chi connectivity index (χ3v) is 5.56. The summed E-state index contributed by atoms with van der Waals surface area (Å²) in [5.74, 6) is 0. The first-order valence-corrected chi connectivity index (χ1v) is 9.46. The molecule has 0 saturated carbocycles. The lowest BCUT2D eigenvalue weighted by Crippen LogP contribution is -1.89. The van der Waals surface area contributed by atoms with Crippen LogP contribution in [0.4, 0.5) is 11.4 Å². The number of aromatic amines is 2. The molecule has 27 heavy (non-hydrogen) atoms. The Balaban J connectivity index is 0.000000156.